The zero-order chi connectivity index (χ0) is 19.8. The molecule has 0 radical (unpaired) electrons. The standard InChI is InChI=1S/C21H26N8/c1-26(2)12-7-13-27-14-23-20-25-19(17-9-5-6-11-22-17)29-18-10-4-3-8-16(18)24-21(29)28(20)15-27/h3-6,8-11,19H,7,12-15H2,1-2H3,(H,23,25)/t19-/m0/s1. The van der Waals surface area contributed by atoms with Gasteiger partial charge in [-0.3, -0.25) is 19.4 Å². The summed E-state index contributed by atoms with van der Waals surface area (Å²) in [6.07, 6.45) is 2.82. The molecule has 4 heterocycles. The molecular weight excluding hydrogens is 364 g/mol. The van der Waals surface area contributed by atoms with Gasteiger partial charge in [0.2, 0.25) is 11.9 Å². The van der Waals surface area contributed by atoms with E-state index in [1.54, 1.807) is 0 Å². The first-order valence-electron chi connectivity index (χ1n) is 10.0. The molecule has 5 rings (SSSR count). The molecule has 1 N–H and O–H groups in total. The van der Waals surface area contributed by atoms with Crippen LogP contribution < -0.4 is 10.2 Å². The number of rotatable bonds is 5. The predicted molar refractivity (Wildman–Crippen MR) is 115 cm³/mol. The molecular formula is C21H26N8. The van der Waals surface area contributed by atoms with Gasteiger partial charge in [-0.05, 0) is 51.3 Å². The molecule has 8 nitrogen and oxygen atoms in total. The van der Waals surface area contributed by atoms with Crippen LogP contribution in [0.3, 0.4) is 0 Å². The van der Waals surface area contributed by atoms with Crippen molar-refractivity contribution in [2.75, 3.05) is 45.4 Å². The fourth-order valence-electron chi connectivity index (χ4n) is 4.01. The molecule has 0 bridgehead atoms. The van der Waals surface area contributed by atoms with Crippen molar-refractivity contribution in [1.29, 1.82) is 0 Å². The van der Waals surface area contributed by atoms with Crippen LogP contribution in [0.15, 0.2) is 53.7 Å². The lowest BCUT2D eigenvalue weighted by molar-refractivity contribution is 0.254. The number of imidazole rings is 1. The normalized spacial score (nSPS) is 19.1. The van der Waals surface area contributed by atoms with Gasteiger partial charge in [0.25, 0.3) is 0 Å². The second-order valence-corrected chi connectivity index (χ2v) is 7.82. The maximum atomic E-state index is 4.96. The van der Waals surface area contributed by atoms with Crippen LogP contribution >= 0.6 is 0 Å². The van der Waals surface area contributed by atoms with Gasteiger partial charge in [0, 0.05) is 12.7 Å². The van der Waals surface area contributed by atoms with Crippen molar-refractivity contribution in [2.24, 2.45) is 4.99 Å². The van der Waals surface area contributed by atoms with Crippen LogP contribution in [0.4, 0.5) is 5.95 Å². The Hall–Kier alpha value is -2.97. The van der Waals surface area contributed by atoms with Crippen molar-refractivity contribution in [2.45, 2.75) is 12.6 Å². The van der Waals surface area contributed by atoms with E-state index in [0.717, 1.165) is 54.8 Å². The lowest BCUT2D eigenvalue weighted by Crippen LogP contribution is -2.57. The maximum absolute atomic E-state index is 4.96. The molecule has 29 heavy (non-hydrogen) atoms. The SMILES string of the molecule is CN(C)CCCN1CN=C2N[C@H](c3ccccn3)n3c(nc4ccccc43)N2C1. The Balaban J connectivity index is 1.52. The molecule has 2 aliphatic heterocycles. The number of fused-ring (bicyclic) bond motifs is 5. The van der Waals surface area contributed by atoms with Gasteiger partial charge in [-0.2, -0.15) is 0 Å². The minimum Gasteiger partial charge on any atom is -0.330 e. The molecule has 2 aromatic heterocycles. The molecule has 0 fully saturated rings. The minimum atomic E-state index is -0.131. The molecule has 0 unspecified atom stereocenters. The fourth-order valence-corrected chi connectivity index (χ4v) is 4.01. The lowest BCUT2D eigenvalue weighted by atomic mass is 10.2. The Morgan fingerprint density at radius 2 is 2.00 bits per heavy atom. The summed E-state index contributed by atoms with van der Waals surface area (Å²) in [7, 11) is 4.22. The molecule has 3 aromatic rings. The number of nitrogens with zero attached hydrogens (tertiary/aromatic N) is 7. The van der Waals surface area contributed by atoms with E-state index in [9.17, 15) is 0 Å². The van der Waals surface area contributed by atoms with Gasteiger partial charge in [-0.25, -0.2) is 9.98 Å². The lowest BCUT2D eigenvalue weighted by Gasteiger charge is -2.41. The third kappa shape index (κ3) is 3.34. The van der Waals surface area contributed by atoms with Crippen molar-refractivity contribution < 1.29 is 0 Å². The molecule has 1 aromatic carbocycles. The fraction of sp³-hybridized carbons (Fsp3) is 0.381. The number of nitrogens with one attached hydrogen (secondary N) is 1. The van der Waals surface area contributed by atoms with E-state index in [2.05, 4.69) is 61.9 Å². The topological polar surface area (TPSA) is 64.8 Å². The third-order valence-electron chi connectivity index (χ3n) is 5.41. The summed E-state index contributed by atoms with van der Waals surface area (Å²) in [4.78, 5) is 21.2. The highest BCUT2D eigenvalue weighted by Crippen LogP contribution is 2.33. The van der Waals surface area contributed by atoms with E-state index in [0.29, 0.717) is 6.67 Å². The van der Waals surface area contributed by atoms with Crippen LogP contribution in [0.25, 0.3) is 11.0 Å². The maximum Gasteiger partial charge on any atom is 0.216 e. The van der Waals surface area contributed by atoms with Crippen molar-refractivity contribution >= 4 is 22.9 Å². The molecule has 8 heteroatoms. The van der Waals surface area contributed by atoms with Crippen LogP contribution in [0.1, 0.15) is 18.3 Å². The summed E-state index contributed by atoms with van der Waals surface area (Å²) in [5.74, 6) is 1.78. The number of aromatic nitrogens is 3. The number of hydrogen-bond donors (Lipinski definition) is 1. The number of pyridine rings is 1. The molecule has 0 amide bonds. The Morgan fingerprint density at radius 3 is 2.83 bits per heavy atom. The van der Waals surface area contributed by atoms with Gasteiger partial charge in [0.05, 0.1) is 30.1 Å². The number of guanidine groups is 1. The van der Waals surface area contributed by atoms with E-state index in [1.165, 1.54) is 0 Å². The summed E-state index contributed by atoms with van der Waals surface area (Å²) in [6, 6.07) is 14.3. The van der Waals surface area contributed by atoms with E-state index in [4.69, 9.17) is 9.98 Å². The number of anilines is 1. The smallest absolute Gasteiger partial charge is 0.216 e. The van der Waals surface area contributed by atoms with Crippen molar-refractivity contribution in [1.82, 2.24) is 29.7 Å². The summed E-state index contributed by atoms with van der Waals surface area (Å²) in [5.41, 5.74) is 3.03. The van der Waals surface area contributed by atoms with Crippen molar-refractivity contribution in [3.63, 3.8) is 0 Å². The Morgan fingerprint density at radius 1 is 1.14 bits per heavy atom. The minimum absolute atomic E-state index is 0.131. The molecule has 0 saturated carbocycles. The number of hydrogen-bond acceptors (Lipinski definition) is 7. The van der Waals surface area contributed by atoms with Crippen LogP contribution in [-0.2, 0) is 0 Å². The van der Waals surface area contributed by atoms with E-state index in [-0.39, 0.29) is 6.17 Å². The average Bonchev–Trinajstić information content (AvgIpc) is 3.14. The van der Waals surface area contributed by atoms with Gasteiger partial charge in [0.15, 0.2) is 6.17 Å². The summed E-state index contributed by atoms with van der Waals surface area (Å²) in [6.45, 7) is 3.56. The average molecular weight is 390 g/mol. The highest BCUT2D eigenvalue weighted by molar-refractivity contribution is 5.98. The van der Waals surface area contributed by atoms with E-state index >= 15 is 0 Å². The summed E-state index contributed by atoms with van der Waals surface area (Å²) in [5, 5.41) is 3.60. The number of benzene rings is 1. The van der Waals surface area contributed by atoms with Crippen molar-refractivity contribution in [3.05, 3.63) is 54.4 Å². The first-order chi connectivity index (χ1) is 14.2. The first-order valence-corrected chi connectivity index (χ1v) is 10.0. The van der Waals surface area contributed by atoms with Crippen LogP contribution in [-0.4, -0.2) is 70.8 Å². The zero-order valence-electron chi connectivity index (χ0n) is 16.9. The van der Waals surface area contributed by atoms with Gasteiger partial charge in [0.1, 0.15) is 0 Å². The Kier molecular flexibility index (Phi) is 4.65. The van der Waals surface area contributed by atoms with Gasteiger partial charge < -0.3 is 10.2 Å². The Labute approximate surface area is 170 Å². The van der Waals surface area contributed by atoms with Gasteiger partial charge in [-0.1, -0.05) is 18.2 Å². The molecule has 2 aliphatic rings. The molecule has 0 aliphatic carbocycles. The zero-order valence-corrected chi connectivity index (χ0v) is 16.9. The van der Waals surface area contributed by atoms with Crippen LogP contribution in [0.5, 0.6) is 0 Å². The molecule has 0 spiro atoms. The molecule has 1 atom stereocenters. The third-order valence-corrected chi connectivity index (χ3v) is 5.41. The highest BCUT2D eigenvalue weighted by Gasteiger charge is 2.36. The van der Waals surface area contributed by atoms with Crippen LogP contribution in [0, 0.1) is 0 Å². The predicted octanol–water partition coefficient (Wildman–Crippen LogP) is 1.93. The van der Waals surface area contributed by atoms with Crippen molar-refractivity contribution in [3.8, 4) is 0 Å². The second-order valence-electron chi connectivity index (χ2n) is 7.82. The quantitative estimate of drug-likeness (QED) is 0.718. The summed E-state index contributed by atoms with van der Waals surface area (Å²) < 4.78 is 2.24. The van der Waals surface area contributed by atoms with Gasteiger partial charge >= 0.3 is 0 Å². The Bertz CT molecular complexity index is 1030. The van der Waals surface area contributed by atoms with E-state index < -0.39 is 0 Å². The monoisotopic (exact) mass is 390 g/mol. The number of para-hydroxylation sites is 2. The van der Waals surface area contributed by atoms with Gasteiger partial charge in [-0.15, -0.1) is 0 Å². The van der Waals surface area contributed by atoms with Crippen LogP contribution in [0.2, 0.25) is 0 Å². The first kappa shape index (κ1) is 18.1. The summed E-state index contributed by atoms with van der Waals surface area (Å²) >= 11 is 0. The highest BCUT2D eigenvalue weighted by atomic mass is 15.5. The largest absolute Gasteiger partial charge is 0.330 e. The van der Waals surface area contributed by atoms with E-state index in [1.807, 2.05) is 30.5 Å². The second kappa shape index (κ2) is 7.46. The molecule has 0 saturated heterocycles. The molecule has 150 valence electrons. The number of aliphatic imine (C=N–C) groups is 1.